The van der Waals surface area contributed by atoms with Crippen molar-refractivity contribution in [3.8, 4) is 5.75 Å². The van der Waals surface area contributed by atoms with Gasteiger partial charge in [-0.3, -0.25) is 9.80 Å². The Morgan fingerprint density at radius 3 is 2.43 bits per heavy atom. The van der Waals surface area contributed by atoms with Crippen molar-refractivity contribution in [2.24, 2.45) is 0 Å². The molecule has 0 bridgehead atoms. The van der Waals surface area contributed by atoms with Crippen LogP contribution in [0.5, 0.6) is 5.75 Å². The highest BCUT2D eigenvalue weighted by molar-refractivity contribution is 6.05. The fraction of sp³-hybridized carbons (Fsp3) is 0.304. The number of piperidine rings is 1. The highest BCUT2D eigenvalue weighted by Crippen LogP contribution is 2.49. The Balaban J connectivity index is 1.58. The average molecular weight is 405 g/mol. The number of hydrogen-bond acceptors (Lipinski definition) is 5. The van der Waals surface area contributed by atoms with Crippen LogP contribution < -0.4 is 10.1 Å². The number of carboxylic acid groups (broad SMARTS) is 1. The molecule has 3 aliphatic heterocycles. The molecule has 30 heavy (non-hydrogen) atoms. The summed E-state index contributed by atoms with van der Waals surface area (Å²) in [6.45, 7) is 2.07. The number of amides is 1. The Morgan fingerprint density at radius 2 is 1.70 bits per heavy atom. The molecule has 0 aliphatic carbocycles. The molecule has 5 rings (SSSR count). The number of aromatic carboxylic acids is 1. The van der Waals surface area contributed by atoms with E-state index >= 15 is 0 Å². The van der Waals surface area contributed by atoms with E-state index in [9.17, 15) is 14.7 Å². The van der Waals surface area contributed by atoms with Crippen molar-refractivity contribution in [3.05, 3.63) is 70.8 Å². The molecule has 0 atom stereocenters. The standard InChI is InChI=1S/C23H23N3O4/c1-25-20-17-8-4-5-9-19(17)30-23(10-12-24-13-11-23)18(20)14-26(25)21(27)15-6-2-3-7-16(15)22(28)29/h2-9,24H,10-14H2,1H3,(H,28,29). The van der Waals surface area contributed by atoms with Crippen LogP contribution in [0.25, 0.3) is 5.70 Å². The van der Waals surface area contributed by atoms with Gasteiger partial charge in [-0.2, -0.15) is 0 Å². The fourth-order valence-corrected chi connectivity index (χ4v) is 4.80. The summed E-state index contributed by atoms with van der Waals surface area (Å²) in [6, 6.07) is 14.3. The third-order valence-electron chi connectivity index (χ3n) is 6.31. The second-order valence-corrected chi connectivity index (χ2v) is 7.91. The summed E-state index contributed by atoms with van der Waals surface area (Å²) in [5.74, 6) is -0.612. The topological polar surface area (TPSA) is 82.1 Å². The van der Waals surface area contributed by atoms with Gasteiger partial charge in [0.15, 0.2) is 0 Å². The van der Waals surface area contributed by atoms with Crippen LogP contribution in [0, 0.1) is 0 Å². The van der Waals surface area contributed by atoms with Crippen molar-refractivity contribution in [3.63, 3.8) is 0 Å². The van der Waals surface area contributed by atoms with Gasteiger partial charge in [0.25, 0.3) is 5.91 Å². The van der Waals surface area contributed by atoms with Gasteiger partial charge >= 0.3 is 5.97 Å². The van der Waals surface area contributed by atoms with E-state index in [1.54, 1.807) is 23.2 Å². The number of benzene rings is 2. The third-order valence-corrected chi connectivity index (χ3v) is 6.31. The van der Waals surface area contributed by atoms with Crippen LogP contribution in [-0.2, 0) is 0 Å². The molecule has 2 aromatic carbocycles. The minimum Gasteiger partial charge on any atom is -0.482 e. The van der Waals surface area contributed by atoms with Crippen LogP contribution in [0.4, 0.5) is 0 Å². The molecule has 3 aliphatic rings. The lowest BCUT2D eigenvalue weighted by Crippen LogP contribution is -2.50. The normalized spacial score (nSPS) is 19.4. The highest BCUT2D eigenvalue weighted by atomic mass is 16.5. The minimum absolute atomic E-state index is 0.00833. The monoisotopic (exact) mass is 405 g/mol. The molecule has 1 fully saturated rings. The van der Waals surface area contributed by atoms with Crippen molar-refractivity contribution in [2.75, 3.05) is 26.7 Å². The predicted octanol–water partition coefficient (Wildman–Crippen LogP) is 2.61. The van der Waals surface area contributed by atoms with E-state index in [0.29, 0.717) is 6.54 Å². The Bertz CT molecular complexity index is 1070. The Kier molecular flexibility index (Phi) is 4.29. The molecule has 3 heterocycles. The number of rotatable bonds is 2. The van der Waals surface area contributed by atoms with Crippen molar-refractivity contribution in [2.45, 2.75) is 18.4 Å². The van der Waals surface area contributed by atoms with E-state index in [1.165, 1.54) is 6.07 Å². The van der Waals surface area contributed by atoms with Crippen LogP contribution in [0.15, 0.2) is 54.1 Å². The summed E-state index contributed by atoms with van der Waals surface area (Å²) in [4.78, 5) is 25.1. The maximum absolute atomic E-state index is 13.5. The molecule has 2 N–H and O–H groups in total. The van der Waals surface area contributed by atoms with E-state index in [1.807, 2.05) is 36.3 Å². The van der Waals surface area contributed by atoms with Crippen LogP contribution in [-0.4, -0.2) is 59.3 Å². The van der Waals surface area contributed by atoms with E-state index in [4.69, 9.17) is 4.74 Å². The largest absolute Gasteiger partial charge is 0.482 e. The van der Waals surface area contributed by atoms with Gasteiger partial charge in [0.05, 0.1) is 23.4 Å². The number of fused-ring (bicyclic) bond motifs is 3. The molecule has 0 unspecified atom stereocenters. The van der Waals surface area contributed by atoms with E-state index < -0.39 is 11.6 Å². The van der Waals surface area contributed by atoms with Gasteiger partial charge in [-0.1, -0.05) is 24.3 Å². The second kappa shape index (κ2) is 6.88. The zero-order valence-electron chi connectivity index (χ0n) is 16.7. The number of hydrogen-bond donors (Lipinski definition) is 2. The number of nitrogens with one attached hydrogen (secondary N) is 1. The molecule has 0 radical (unpaired) electrons. The van der Waals surface area contributed by atoms with E-state index in [-0.39, 0.29) is 17.0 Å². The van der Waals surface area contributed by atoms with Gasteiger partial charge in [-0.15, -0.1) is 0 Å². The number of hydrazine groups is 1. The number of ether oxygens (including phenoxy) is 1. The summed E-state index contributed by atoms with van der Waals surface area (Å²) in [5, 5.41) is 16.4. The lowest BCUT2D eigenvalue weighted by atomic mass is 9.80. The number of nitrogens with zero attached hydrogens (tertiary/aromatic N) is 2. The first kappa shape index (κ1) is 18.7. The summed E-state index contributed by atoms with van der Waals surface area (Å²) in [5.41, 5.74) is 2.77. The first-order valence-corrected chi connectivity index (χ1v) is 10.1. The quantitative estimate of drug-likeness (QED) is 0.799. The maximum Gasteiger partial charge on any atom is 0.336 e. The molecule has 7 heteroatoms. The van der Waals surface area contributed by atoms with Crippen LogP contribution in [0.1, 0.15) is 39.1 Å². The fourth-order valence-electron chi connectivity index (χ4n) is 4.80. The Morgan fingerprint density at radius 1 is 1.03 bits per heavy atom. The van der Waals surface area contributed by atoms with Gasteiger partial charge < -0.3 is 15.2 Å². The van der Waals surface area contributed by atoms with Crippen molar-refractivity contribution < 1.29 is 19.4 Å². The molecule has 1 amide bonds. The zero-order valence-corrected chi connectivity index (χ0v) is 16.7. The molecule has 154 valence electrons. The molecular formula is C23H23N3O4. The first-order chi connectivity index (χ1) is 14.5. The molecule has 1 saturated heterocycles. The molecule has 2 aromatic rings. The third kappa shape index (κ3) is 2.69. The van der Waals surface area contributed by atoms with Crippen LogP contribution in [0.2, 0.25) is 0 Å². The lowest BCUT2D eigenvalue weighted by Gasteiger charge is -2.42. The van der Waals surface area contributed by atoms with Crippen molar-refractivity contribution in [1.29, 1.82) is 0 Å². The summed E-state index contributed by atoms with van der Waals surface area (Å²) in [7, 11) is 1.86. The smallest absolute Gasteiger partial charge is 0.336 e. The maximum atomic E-state index is 13.5. The van der Waals surface area contributed by atoms with Gasteiger partial charge in [0.2, 0.25) is 0 Å². The summed E-state index contributed by atoms with van der Waals surface area (Å²) < 4.78 is 6.56. The molecule has 0 saturated carbocycles. The summed E-state index contributed by atoms with van der Waals surface area (Å²) in [6.07, 6.45) is 1.64. The molecular weight excluding hydrogens is 382 g/mol. The van der Waals surface area contributed by atoms with Crippen LogP contribution >= 0.6 is 0 Å². The Labute approximate surface area is 174 Å². The van der Waals surface area contributed by atoms with Crippen molar-refractivity contribution in [1.82, 2.24) is 15.3 Å². The van der Waals surface area contributed by atoms with Gasteiger partial charge in [-0.05, 0) is 37.4 Å². The number of para-hydroxylation sites is 1. The lowest BCUT2D eigenvalue weighted by molar-refractivity contribution is 0.0408. The van der Waals surface area contributed by atoms with Gasteiger partial charge in [-0.25, -0.2) is 9.80 Å². The Hall–Kier alpha value is -3.32. The van der Waals surface area contributed by atoms with Gasteiger partial charge in [0, 0.05) is 31.0 Å². The molecule has 1 spiro atoms. The van der Waals surface area contributed by atoms with E-state index in [0.717, 1.165) is 48.5 Å². The van der Waals surface area contributed by atoms with E-state index in [2.05, 4.69) is 5.32 Å². The first-order valence-electron chi connectivity index (χ1n) is 10.1. The second-order valence-electron chi connectivity index (χ2n) is 7.91. The predicted molar refractivity (Wildman–Crippen MR) is 111 cm³/mol. The summed E-state index contributed by atoms with van der Waals surface area (Å²) >= 11 is 0. The van der Waals surface area contributed by atoms with Gasteiger partial charge in [0.1, 0.15) is 11.4 Å². The van der Waals surface area contributed by atoms with Crippen molar-refractivity contribution >= 4 is 17.6 Å². The minimum atomic E-state index is -1.11. The average Bonchev–Trinajstić information content (AvgIpc) is 3.12. The highest BCUT2D eigenvalue weighted by Gasteiger charge is 2.49. The SMILES string of the molecule is CN1C2=C(CN1C(=O)c1ccccc1C(=O)O)C1(CCNCC1)Oc1ccccc12. The molecule has 7 nitrogen and oxygen atoms in total. The zero-order chi connectivity index (χ0) is 20.9. The number of carbonyl (C=O) groups excluding carboxylic acids is 1. The number of carbonyl (C=O) groups is 2. The van der Waals surface area contributed by atoms with Crippen LogP contribution in [0.3, 0.4) is 0 Å². The number of carboxylic acids is 1. The molecule has 0 aromatic heterocycles.